The normalized spacial score (nSPS) is 19.5. The van der Waals surface area contributed by atoms with Crippen molar-refractivity contribution in [1.29, 1.82) is 0 Å². The maximum Gasteiger partial charge on any atom is 0.341 e. The van der Waals surface area contributed by atoms with Gasteiger partial charge in [-0.15, -0.1) is 0 Å². The van der Waals surface area contributed by atoms with Crippen molar-refractivity contribution in [3.63, 3.8) is 0 Å². The number of rotatable bonds is 4. The van der Waals surface area contributed by atoms with E-state index in [1.54, 1.807) is 13.1 Å². The number of likely N-dealkylation sites (N-methyl/N-ethyl adjacent to an activating group) is 1. The summed E-state index contributed by atoms with van der Waals surface area (Å²) < 4.78 is 5.03. The molecule has 0 spiro atoms. The zero-order chi connectivity index (χ0) is 16.3. The number of aryl methyl sites for hydroxylation is 1. The van der Waals surface area contributed by atoms with Gasteiger partial charge in [-0.05, 0) is 26.8 Å². The maximum atomic E-state index is 11.8. The fourth-order valence-electron chi connectivity index (χ4n) is 2.77. The maximum absolute atomic E-state index is 11.8. The van der Waals surface area contributed by atoms with Crippen LogP contribution >= 0.6 is 0 Å². The van der Waals surface area contributed by atoms with Gasteiger partial charge < -0.3 is 14.5 Å². The van der Waals surface area contributed by atoms with Gasteiger partial charge in [0, 0.05) is 31.9 Å². The molecule has 22 heavy (non-hydrogen) atoms. The van der Waals surface area contributed by atoms with E-state index >= 15 is 0 Å². The van der Waals surface area contributed by atoms with Gasteiger partial charge in [-0.2, -0.15) is 0 Å². The third-order valence-corrected chi connectivity index (χ3v) is 4.11. The van der Waals surface area contributed by atoms with E-state index in [-0.39, 0.29) is 5.97 Å². The topological polar surface area (TPSA) is 58.6 Å². The molecule has 0 radical (unpaired) electrons. The molecule has 1 aromatic heterocycles. The van der Waals surface area contributed by atoms with Crippen LogP contribution in [0.1, 0.15) is 36.8 Å². The number of hydrogen-bond donors (Lipinski definition) is 0. The van der Waals surface area contributed by atoms with E-state index < -0.39 is 0 Å². The monoisotopic (exact) mass is 306 g/mol. The molecule has 1 fully saturated rings. The summed E-state index contributed by atoms with van der Waals surface area (Å²) in [5.41, 5.74) is 1.12. The molecule has 6 heteroatoms. The molecule has 0 saturated carbocycles. The minimum absolute atomic E-state index is 0.355. The van der Waals surface area contributed by atoms with Crippen LogP contribution in [-0.2, 0) is 4.74 Å². The van der Waals surface area contributed by atoms with Gasteiger partial charge in [0.05, 0.1) is 17.9 Å². The lowest BCUT2D eigenvalue weighted by molar-refractivity contribution is 0.0524. The largest absolute Gasteiger partial charge is 0.462 e. The third kappa shape index (κ3) is 3.55. The molecule has 0 aliphatic carbocycles. The van der Waals surface area contributed by atoms with E-state index in [2.05, 4.69) is 40.7 Å². The Labute approximate surface area is 132 Å². The van der Waals surface area contributed by atoms with Crippen LogP contribution in [0.25, 0.3) is 0 Å². The average molecular weight is 306 g/mol. The van der Waals surface area contributed by atoms with Gasteiger partial charge in [0.25, 0.3) is 0 Å². The lowest BCUT2D eigenvalue weighted by Gasteiger charge is -2.42. The van der Waals surface area contributed by atoms with Gasteiger partial charge in [-0.3, -0.25) is 0 Å². The Bertz CT molecular complexity index is 533. The Hall–Kier alpha value is -1.69. The van der Waals surface area contributed by atoms with E-state index in [9.17, 15) is 4.79 Å². The quantitative estimate of drug-likeness (QED) is 0.790. The minimum Gasteiger partial charge on any atom is -0.462 e. The Morgan fingerprint density at radius 1 is 1.45 bits per heavy atom. The molecule has 2 heterocycles. The molecule has 1 aromatic rings. The summed E-state index contributed by atoms with van der Waals surface area (Å²) >= 11 is 0. The van der Waals surface area contributed by atoms with Crippen molar-refractivity contribution in [3.05, 3.63) is 17.5 Å². The van der Waals surface area contributed by atoms with Crippen molar-refractivity contribution in [2.75, 3.05) is 38.2 Å². The van der Waals surface area contributed by atoms with Gasteiger partial charge >= 0.3 is 5.97 Å². The van der Waals surface area contributed by atoms with E-state index in [0.29, 0.717) is 35.8 Å². The highest BCUT2D eigenvalue weighted by molar-refractivity contribution is 5.90. The molecule has 0 amide bonds. The number of piperazine rings is 1. The number of aromatic nitrogens is 2. The van der Waals surface area contributed by atoms with Crippen molar-refractivity contribution in [2.45, 2.75) is 33.7 Å². The van der Waals surface area contributed by atoms with Crippen molar-refractivity contribution < 1.29 is 9.53 Å². The molecule has 1 aliphatic rings. The number of nitrogens with zero attached hydrogens (tertiary/aromatic N) is 4. The second-order valence-electron chi connectivity index (χ2n) is 6.16. The first kappa shape index (κ1) is 16.7. The molecule has 0 bridgehead atoms. The summed E-state index contributed by atoms with van der Waals surface area (Å²) in [6.45, 7) is 11.3. The van der Waals surface area contributed by atoms with Gasteiger partial charge in [0.15, 0.2) is 0 Å². The molecule has 6 nitrogen and oxygen atoms in total. The molecular formula is C16H26N4O2. The lowest BCUT2D eigenvalue weighted by atomic mass is 10.0. The smallest absolute Gasteiger partial charge is 0.341 e. The summed E-state index contributed by atoms with van der Waals surface area (Å²) in [7, 11) is 2.14. The van der Waals surface area contributed by atoms with Crippen molar-refractivity contribution >= 4 is 11.9 Å². The van der Waals surface area contributed by atoms with Crippen molar-refractivity contribution in [3.8, 4) is 0 Å². The van der Waals surface area contributed by atoms with Crippen LogP contribution in [0.4, 0.5) is 5.95 Å². The summed E-state index contributed by atoms with van der Waals surface area (Å²) in [6, 6.07) is 0.381. The molecule has 122 valence electrons. The fourth-order valence-corrected chi connectivity index (χ4v) is 2.77. The molecule has 1 atom stereocenters. The third-order valence-electron chi connectivity index (χ3n) is 4.11. The van der Waals surface area contributed by atoms with Crippen LogP contribution < -0.4 is 4.90 Å². The summed E-state index contributed by atoms with van der Waals surface area (Å²) in [6.07, 6.45) is 1.59. The number of hydrogen-bond acceptors (Lipinski definition) is 6. The first-order valence-electron chi connectivity index (χ1n) is 7.90. The second-order valence-corrected chi connectivity index (χ2v) is 6.16. The first-order valence-corrected chi connectivity index (χ1v) is 7.90. The van der Waals surface area contributed by atoms with Crippen molar-refractivity contribution in [1.82, 2.24) is 14.9 Å². The van der Waals surface area contributed by atoms with E-state index in [1.807, 2.05) is 6.92 Å². The standard InChI is InChI=1S/C16H26N4O2/c1-6-22-15(21)13-9-17-16(18-12(13)4)20-8-7-19(5)10-14(20)11(2)3/h9,11,14H,6-8,10H2,1-5H3/t14-/m0/s1. The summed E-state index contributed by atoms with van der Waals surface area (Å²) in [5, 5.41) is 0. The molecule has 1 aliphatic heterocycles. The van der Waals surface area contributed by atoms with Crippen LogP contribution in [0.5, 0.6) is 0 Å². The lowest BCUT2D eigenvalue weighted by Crippen LogP contribution is -2.54. The molecule has 2 rings (SSSR count). The number of esters is 1. The van der Waals surface area contributed by atoms with Crippen LogP contribution in [-0.4, -0.2) is 60.2 Å². The number of carbonyl (C=O) groups is 1. The molecule has 0 N–H and O–H groups in total. The zero-order valence-electron chi connectivity index (χ0n) is 14.2. The zero-order valence-corrected chi connectivity index (χ0v) is 14.2. The predicted octanol–water partition coefficient (Wildman–Crippen LogP) is 1.74. The highest BCUT2D eigenvalue weighted by Gasteiger charge is 2.29. The summed E-state index contributed by atoms with van der Waals surface area (Å²) in [4.78, 5) is 25.4. The molecule has 1 saturated heterocycles. The van der Waals surface area contributed by atoms with E-state index in [1.165, 1.54) is 0 Å². The van der Waals surface area contributed by atoms with Gasteiger partial charge in [0.2, 0.25) is 5.95 Å². The Kier molecular flexibility index (Phi) is 5.34. The molecule has 0 aromatic carbocycles. The number of carbonyl (C=O) groups excluding carboxylic acids is 1. The van der Waals surface area contributed by atoms with Gasteiger partial charge in [-0.1, -0.05) is 13.8 Å². The van der Waals surface area contributed by atoms with Crippen LogP contribution in [0.15, 0.2) is 6.20 Å². The fraction of sp³-hybridized carbons (Fsp3) is 0.688. The van der Waals surface area contributed by atoms with Gasteiger partial charge in [0.1, 0.15) is 0 Å². The predicted molar refractivity (Wildman–Crippen MR) is 86.2 cm³/mol. The number of anilines is 1. The number of ether oxygens (including phenoxy) is 1. The average Bonchev–Trinajstić information content (AvgIpc) is 2.47. The first-order chi connectivity index (χ1) is 10.4. The molecular weight excluding hydrogens is 280 g/mol. The SMILES string of the molecule is CCOC(=O)c1cnc(N2CCN(C)C[C@H]2C(C)C)nc1C. The Morgan fingerprint density at radius 3 is 2.77 bits per heavy atom. The Balaban J connectivity index is 2.24. The van der Waals surface area contributed by atoms with Crippen LogP contribution in [0.3, 0.4) is 0 Å². The highest BCUT2D eigenvalue weighted by atomic mass is 16.5. The van der Waals surface area contributed by atoms with E-state index in [0.717, 1.165) is 19.6 Å². The van der Waals surface area contributed by atoms with Crippen molar-refractivity contribution in [2.24, 2.45) is 5.92 Å². The van der Waals surface area contributed by atoms with Gasteiger partial charge in [-0.25, -0.2) is 14.8 Å². The molecule has 0 unspecified atom stereocenters. The van der Waals surface area contributed by atoms with E-state index in [4.69, 9.17) is 4.74 Å². The Morgan fingerprint density at radius 2 is 2.18 bits per heavy atom. The summed E-state index contributed by atoms with van der Waals surface area (Å²) in [5.74, 6) is 0.860. The minimum atomic E-state index is -0.356. The highest BCUT2D eigenvalue weighted by Crippen LogP contribution is 2.22. The van der Waals surface area contributed by atoms with Crippen LogP contribution in [0.2, 0.25) is 0 Å². The van der Waals surface area contributed by atoms with Crippen LogP contribution in [0, 0.1) is 12.8 Å². The second kappa shape index (κ2) is 7.05.